The molecule has 0 fully saturated rings. The molecular formula is C12H20N2. The molecule has 0 spiro atoms. The first kappa shape index (κ1) is 10.9. The van der Waals surface area contributed by atoms with Crippen molar-refractivity contribution in [2.24, 2.45) is 0 Å². The van der Waals surface area contributed by atoms with E-state index >= 15 is 0 Å². The normalized spacial score (nSPS) is 10.2. The van der Waals surface area contributed by atoms with Crippen molar-refractivity contribution in [3.63, 3.8) is 0 Å². The highest BCUT2D eigenvalue weighted by Crippen LogP contribution is 2.24. The van der Waals surface area contributed by atoms with E-state index in [4.69, 9.17) is 5.73 Å². The zero-order valence-corrected chi connectivity index (χ0v) is 9.35. The van der Waals surface area contributed by atoms with Gasteiger partial charge in [-0.1, -0.05) is 13.3 Å². The summed E-state index contributed by atoms with van der Waals surface area (Å²) < 4.78 is 0. The van der Waals surface area contributed by atoms with E-state index in [2.05, 4.69) is 31.3 Å². The monoisotopic (exact) mass is 192 g/mol. The average Bonchev–Trinajstić information content (AvgIpc) is 2.18. The van der Waals surface area contributed by atoms with Gasteiger partial charge < -0.3 is 11.1 Å². The van der Waals surface area contributed by atoms with Gasteiger partial charge in [-0.25, -0.2) is 0 Å². The molecule has 0 aromatic heterocycles. The number of hydrogen-bond acceptors (Lipinski definition) is 2. The first-order chi connectivity index (χ1) is 6.69. The summed E-state index contributed by atoms with van der Waals surface area (Å²) in [6.07, 6.45) is 3.60. The Kier molecular flexibility index (Phi) is 3.81. The van der Waals surface area contributed by atoms with Crippen LogP contribution in [0, 0.1) is 6.92 Å². The van der Waals surface area contributed by atoms with Crippen LogP contribution in [0.2, 0.25) is 0 Å². The number of anilines is 2. The van der Waals surface area contributed by atoms with E-state index in [0.29, 0.717) is 0 Å². The predicted molar refractivity (Wildman–Crippen MR) is 63.8 cm³/mol. The summed E-state index contributed by atoms with van der Waals surface area (Å²) in [7, 11) is 1.90. The molecule has 78 valence electrons. The second-order valence-electron chi connectivity index (χ2n) is 3.72. The molecule has 0 saturated heterocycles. The van der Waals surface area contributed by atoms with Crippen LogP contribution in [0.15, 0.2) is 12.1 Å². The fraction of sp³-hybridized carbons (Fsp3) is 0.500. The SMILES string of the molecule is CCCCc1cc(N)c(NC)cc1C. The van der Waals surface area contributed by atoms with Crippen molar-refractivity contribution in [2.45, 2.75) is 33.1 Å². The third-order valence-corrected chi connectivity index (χ3v) is 2.58. The van der Waals surface area contributed by atoms with Gasteiger partial charge in [0, 0.05) is 7.05 Å². The summed E-state index contributed by atoms with van der Waals surface area (Å²) in [4.78, 5) is 0. The highest BCUT2D eigenvalue weighted by atomic mass is 14.8. The molecular weight excluding hydrogens is 172 g/mol. The topological polar surface area (TPSA) is 38.0 Å². The summed E-state index contributed by atoms with van der Waals surface area (Å²) in [5, 5.41) is 3.09. The Morgan fingerprint density at radius 3 is 2.64 bits per heavy atom. The minimum Gasteiger partial charge on any atom is -0.397 e. The second-order valence-corrected chi connectivity index (χ2v) is 3.72. The van der Waals surface area contributed by atoms with E-state index < -0.39 is 0 Å². The Morgan fingerprint density at radius 2 is 2.07 bits per heavy atom. The summed E-state index contributed by atoms with van der Waals surface area (Å²) in [5.41, 5.74) is 10.5. The molecule has 0 heterocycles. The predicted octanol–water partition coefficient (Wildman–Crippen LogP) is 2.96. The largest absolute Gasteiger partial charge is 0.397 e. The van der Waals surface area contributed by atoms with Crippen molar-refractivity contribution in [3.05, 3.63) is 23.3 Å². The third-order valence-electron chi connectivity index (χ3n) is 2.58. The van der Waals surface area contributed by atoms with Gasteiger partial charge >= 0.3 is 0 Å². The van der Waals surface area contributed by atoms with Crippen LogP contribution in [-0.2, 0) is 6.42 Å². The van der Waals surface area contributed by atoms with E-state index in [9.17, 15) is 0 Å². The second kappa shape index (κ2) is 4.89. The Labute approximate surface area is 86.5 Å². The van der Waals surface area contributed by atoms with Gasteiger partial charge in [-0.3, -0.25) is 0 Å². The van der Waals surface area contributed by atoms with Crippen molar-refractivity contribution in [3.8, 4) is 0 Å². The van der Waals surface area contributed by atoms with E-state index in [1.165, 1.54) is 24.0 Å². The quantitative estimate of drug-likeness (QED) is 0.720. The Bertz CT molecular complexity index is 305. The first-order valence-corrected chi connectivity index (χ1v) is 5.25. The lowest BCUT2D eigenvalue weighted by atomic mass is 10.0. The number of rotatable bonds is 4. The van der Waals surface area contributed by atoms with Crippen LogP contribution in [0.5, 0.6) is 0 Å². The maximum Gasteiger partial charge on any atom is 0.0574 e. The lowest BCUT2D eigenvalue weighted by Crippen LogP contribution is -1.99. The van der Waals surface area contributed by atoms with E-state index in [1.54, 1.807) is 0 Å². The summed E-state index contributed by atoms with van der Waals surface area (Å²) in [5.74, 6) is 0. The van der Waals surface area contributed by atoms with Gasteiger partial charge in [-0.05, 0) is 43.0 Å². The van der Waals surface area contributed by atoms with Crippen molar-refractivity contribution >= 4 is 11.4 Å². The molecule has 0 unspecified atom stereocenters. The molecule has 1 aromatic carbocycles. The molecule has 3 N–H and O–H groups in total. The number of nitrogen functional groups attached to an aromatic ring is 1. The van der Waals surface area contributed by atoms with Crippen molar-refractivity contribution < 1.29 is 0 Å². The minimum absolute atomic E-state index is 0.851. The number of nitrogens with one attached hydrogen (secondary N) is 1. The lowest BCUT2D eigenvalue weighted by molar-refractivity contribution is 0.791. The maximum absolute atomic E-state index is 5.91. The minimum atomic E-state index is 0.851. The zero-order chi connectivity index (χ0) is 10.6. The van der Waals surface area contributed by atoms with Gasteiger partial charge in [0.1, 0.15) is 0 Å². The fourth-order valence-corrected chi connectivity index (χ4v) is 1.62. The molecule has 0 radical (unpaired) electrons. The molecule has 0 aliphatic carbocycles. The highest BCUT2D eigenvalue weighted by molar-refractivity contribution is 5.68. The number of aryl methyl sites for hydroxylation is 2. The molecule has 2 nitrogen and oxygen atoms in total. The molecule has 1 rings (SSSR count). The molecule has 0 bridgehead atoms. The van der Waals surface area contributed by atoms with Crippen LogP contribution in [0.4, 0.5) is 11.4 Å². The van der Waals surface area contributed by atoms with Crippen molar-refractivity contribution in [1.82, 2.24) is 0 Å². The van der Waals surface area contributed by atoms with E-state index in [-0.39, 0.29) is 0 Å². The van der Waals surface area contributed by atoms with Gasteiger partial charge in [-0.15, -0.1) is 0 Å². The van der Waals surface area contributed by atoms with Crippen LogP contribution in [-0.4, -0.2) is 7.05 Å². The summed E-state index contributed by atoms with van der Waals surface area (Å²) >= 11 is 0. The molecule has 14 heavy (non-hydrogen) atoms. The standard InChI is InChI=1S/C12H20N2/c1-4-5-6-10-8-11(13)12(14-3)7-9(10)2/h7-8,14H,4-6,13H2,1-3H3. The van der Waals surface area contributed by atoms with Crippen LogP contribution in [0.25, 0.3) is 0 Å². The van der Waals surface area contributed by atoms with Gasteiger partial charge in [0.15, 0.2) is 0 Å². The average molecular weight is 192 g/mol. The van der Waals surface area contributed by atoms with Crippen molar-refractivity contribution in [1.29, 1.82) is 0 Å². The molecule has 1 aromatic rings. The zero-order valence-electron chi connectivity index (χ0n) is 9.35. The van der Waals surface area contributed by atoms with E-state index in [0.717, 1.165) is 17.8 Å². The van der Waals surface area contributed by atoms with E-state index in [1.807, 2.05) is 7.05 Å². The van der Waals surface area contributed by atoms with Crippen molar-refractivity contribution in [2.75, 3.05) is 18.1 Å². The maximum atomic E-state index is 5.91. The molecule has 2 heteroatoms. The van der Waals surface area contributed by atoms with Crippen LogP contribution < -0.4 is 11.1 Å². The van der Waals surface area contributed by atoms with Crippen LogP contribution >= 0.6 is 0 Å². The van der Waals surface area contributed by atoms with Gasteiger partial charge in [0.05, 0.1) is 11.4 Å². The molecule has 0 saturated carbocycles. The number of benzene rings is 1. The molecule has 0 amide bonds. The molecule has 0 atom stereocenters. The highest BCUT2D eigenvalue weighted by Gasteiger charge is 2.03. The van der Waals surface area contributed by atoms with Crippen LogP contribution in [0.3, 0.4) is 0 Å². The van der Waals surface area contributed by atoms with Gasteiger partial charge in [-0.2, -0.15) is 0 Å². The fourth-order valence-electron chi connectivity index (χ4n) is 1.62. The van der Waals surface area contributed by atoms with Gasteiger partial charge in [0.2, 0.25) is 0 Å². The summed E-state index contributed by atoms with van der Waals surface area (Å²) in [6, 6.07) is 4.22. The Morgan fingerprint density at radius 1 is 1.36 bits per heavy atom. The third kappa shape index (κ3) is 2.41. The number of unbranched alkanes of at least 4 members (excludes halogenated alkanes) is 1. The first-order valence-electron chi connectivity index (χ1n) is 5.25. The van der Waals surface area contributed by atoms with Crippen LogP contribution in [0.1, 0.15) is 30.9 Å². The number of hydrogen-bond donors (Lipinski definition) is 2. The Hall–Kier alpha value is -1.18. The Balaban J connectivity index is 2.90. The molecule has 0 aliphatic heterocycles. The molecule has 0 aliphatic rings. The van der Waals surface area contributed by atoms with Gasteiger partial charge in [0.25, 0.3) is 0 Å². The lowest BCUT2D eigenvalue weighted by Gasteiger charge is -2.11. The number of nitrogens with two attached hydrogens (primary N) is 1. The smallest absolute Gasteiger partial charge is 0.0574 e. The summed E-state index contributed by atoms with van der Waals surface area (Å²) in [6.45, 7) is 4.35.